The van der Waals surface area contributed by atoms with Crippen LogP contribution in [0.1, 0.15) is 52.9 Å². The van der Waals surface area contributed by atoms with E-state index in [1.54, 1.807) is 0 Å². The fourth-order valence-corrected chi connectivity index (χ4v) is 4.44. The molecule has 0 aromatic rings. The Balaban J connectivity index is 0.00000133. The smallest absolute Gasteiger partial charge is 0.323 e. The van der Waals surface area contributed by atoms with Gasteiger partial charge in [-0.05, 0) is 63.7 Å². The average Bonchev–Trinajstić information content (AvgIpc) is 2.90. The summed E-state index contributed by atoms with van der Waals surface area (Å²) in [5.41, 5.74) is 0.0493. The second-order valence-corrected chi connectivity index (χ2v) is 7.61. The highest BCUT2D eigenvalue weighted by molar-refractivity contribution is 5.85. The first-order valence-corrected chi connectivity index (χ1v) is 7.34. The first-order valence-electron chi connectivity index (χ1n) is 7.34. The Bertz CT molecular complexity index is 366. The Morgan fingerprint density at radius 3 is 2.53 bits per heavy atom. The van der Waals surface area contributed by atoms with E-state index in [1.807, 2.05) is 20.8 Å². The van der Waals surface area contributed by atoms with E-state index < -0.39 is 0 Å². The zero-order chi connectivity index (χ0) is 13.0. The van der Waals surface area contributed by atoms with E-state index >= 15 is 0 Å². The zero-order valence-electron chi connectivity index (χ0n) is 12.2. The largest absolute Gasteiger partial charge is 0.459 e. The van der Waals surface area contributed by atoms with E-state index in [0.717, 1.165) is 24.8 Å². The Morgan fingerprint density at radius 2 is 2.00 bits per heavy atom. The second kappa shape index (κ2) is 4.92. The molecule has 1 spiro atoms. The minimum Gasteiger partial charge on any atom is -0.459 e. The lowest BCUT2D eigenvalue weighted by Crippen LogP contribution is -2.37. The highest BCUT2D eigenvalue weighted by atomic mass is 35.5. The van der Waals surface area contributed by atoms with Crippen molar-refractivity contribution in [3.05, 3.63) is 0 Å². The first-order chi connectivity index (χ1) is 8.38. The minimum atomic E-state index is -0.372. The number of rotatable bonds is 1. The average molecular weight is 288 g/mol. The monoisotopic (exact) mass is 287 g/mol. The van der Waals surface area contributed by atoms with E-state index in [9.17, 15) is 4.79 Å². The zero-order valence-corrected chi connectivity index (χ0v) is 13.0. The number of hydrogen-bond acceptors (Lipinski definition) is 3. The SMILES string of the molecule is CC(C)(C)OC(=O)C1CC2(CN1)CC1CCC2C1.Cl. The molecule has 4 atom stereocenters. The lowest BCUT2D eigenvalue weighted by molar-refractivity contribution is -0.157. The molecule has 3 nitrogen and oxygen atoms in total. The molecule has 1 aliphatic heterocycles. The van der Waals surface area contributed by atoms with E-state index in [2.05, 4.69) is 5.32 Å². The molecule has 2 saturated carbocycles. The van der Waals surface area contributed by atoms with Gasteiger partial charge in [-0.3, -0.25) is 4.79 Å². The van der Waals surface area contributed by atoms with Crippen LogP contribution in [-0.2, 0) is 9.53 Å². The van der Waals surface area contributed by atoms with E-state index in [0.29, 0.717) is 5.41 Å². The van der Waals surface area contributed by atoms with Crippen LogP contribution < -0.4 is 5.32 Å². The van der Waals surface area contributed by atoms with Crippen LogP contribution >= 0.6 is 12.4 Å². The Morgan fingerprint density at radius 1 is 1.26 bits per heavy atom. The van der Waals surface area contributed by atoms with Gasteiger partial charge in [-0.2, -0.15) is 0 Å². The van der Waals surface area contributed by atoms with Crippen molar-refractivity contribution in [1.29, 1.82) is 0 Å². The number of esters is 1. The Labute approximate surface area is 122 Å². The summed E-state index contributed by atoms with van der Waals surface area (Å²) in [4.78, 5) is 12.1. The molecular weight excluding hydrogens is 262 g/mol. The number of carbonyl (C=O) groups excluding carboxylic acids is 1. The van der Waals surface area contributed by atoms with Gasteiger partial charge in [-0.1, -0.05) is 6.42 Å². The Kier molecular flexibility index (Phi) is 3.92. The van der Waals surface area contributed by atoms with E-state index in [1.165, 1.54) is 25.7 Å². The van der Waals surface area contributed by atoms with Gasteiger partial charge in [0.2, 0.25) is 0 Å². The molecule has 4 heteroatoms. The molecule has 0 amide bonds. The normalized spacial score (nSPS) is 40.5. The second-order valence-electron chi connectivity index (χ2n) is 7.61. The van der Waals surface area contributed by atoms with Gasteiger partial charge in [0.25, 0.3) is 0 Å². The van der Waals surface area contributed by atoms with Gasteiger partial charge in [0.15, 0.2) is 0 Å². The molecule has 3 rings (SSSR count). The summed E-state index contributed by atoms with van der Waals surface area (Å²) in [6, 6.07) is -0.0661. The molecule has 1 N–H and O–H groups in total. The van der Waals surface area contributed by atoms with Gasteiger partial charge >= 0.3 is 5.97 Å². The standard InChI is InChI=1S/C15H25NO2.ClH/c1-14(2,3)18-13(17)12-8-15(9-16-12)7-10-4-5-11(15)6-10;/h10-12,16H,4-9H2,1-3H3;1H. The number of fused-ring (bicyclic) bond motifs is 3. The molecule has 3 fully saturated rings. The van der Waals surface area contributed by atoms with Crippen LogP contribution in [0.15, 0.2) is 0 Å². The maximum Gasteiger partial charge on any atom is 0.323 e. The molecule has 2 aliphatic carbocycles. The molecule has 110 valence electrons. The first kappa shape index (κ1) is 15.1. The van der Waals surface area contributed by atoms with E-state index in [4.69, 9.17) is 4.74 Å². The van der Waals surface area contributed by atoms with Crippen molar-refractivity contribution in [3.8, 4) is 0 Å². The number of ether oxygens (including phenoxy) is 1. The fraction of sp³-hybridized carbons (Fsp3) is 0.933. The lowest BCUT2D eigenvalue weighted by Gasteiger charge is -2.33. The summed E-state index contributed by atoms with van der Waals surface area (Å²) in [7, 11) is 0. The molecule has 3 aliphatic rings. The minimum absolute atomic E-state index is 0. The van der Waals surface area contributed by atoms with Crippen molar-refractivity contribution in [2.75, 3.05) is 6.54 Å². The third kappa shape index (κ3) is 2.78. The number of carbonyl (C=O) groups is 1. The maximum atomic E-state index is 12.1. The van der Waals surface area contributed by atoms with E-state index in [-0.39, 0.29) is 30.0 Å². The summed E-state index contributed by atoms with van der Waals surface area (Å²) >= 11 is 0. The van der Waals surface area contributed by atoms with Crippen molar-refractivity contribution >= 4 is 18.4 Å². The van der Waals surface area contributed by atoms with Crippen molar-refractivity contribution in [1.82, 2.24) is 5.32 Å². The van der Waals surface area contributed by atoms with Gasteiger partial charge in [-0.15, -0.1) is 12.4 Å². The van der Waals surface area contributed by atoms with Crippen LogP contribution in [0.25, 0.3) is 0 Å². The summed E-state index contributed by atoms with van der Waals surface area (Å²) in [5.74, 6) is 1.75. The van der Waals surface area contributed by atoms with Crippen LogP contribution in [-0.4, -0.2) is 24.2 Å². The molecule has 0 aromatic heterocycles. The molecule has 0 radical (unpaired) electrons. The topological polar surface area (TPSA) is 38.3 Å². The molecule has 1 saturated heterocycles. The molecule has 2 bridgehead atoms. The highest BCUT2D eigenvalue weighted by Gasteiger charge is 2.55. The molecule has 19 heavy (non-hydrogen) atoms. The summed E-state index contributed by atoms with van der Waals surface area (Å²) in [6.07, 6.45) is 6.55. The van der Waals surface area contributed by atoms with Gasteiger partial charge in [0.1, 0.15) is 11.6 Å². The van der Waals surface area contributed by atoms with Gasteiger partial charge in [0.05, 0.1) is 0 Å². The van der Waals surface area contributed by atoms with Crippen LogP contribution in [0.5, 0.6) is 0 Å². The summed E-state index contributed by atoms with van der Waals surface area (Å²) in [6.45, 7) is 6.84. The molecule has 4 unspecified atom stereocenters. The molecule has 0 aromatic carbocycles. The predicted molar refractivity (Wildman–Crippen MR) is 77.4 cm³/mol. The molecular formula is C15H26ClNO2. The number of nitrogens with one attached hydrogen (secondary N) is 1. The lowest BCUT2D eigenvalue weighted by atomic mass is 9.72. The van der Waals surface area contributed by atoms with Crippen molar-refractivity contribution < 1.29 is 9.53 Å². The van der Waals surface area contributed by atoms with Crippen molar-refractivity contribution in [3.63, 3.8) is 0 Å². The van der Waals surface area contributed by atoms with Gasteiger partial charge < -0.3 is 10.1 Å². The number of halogens is 1. The highest BCUT2D eigenvalue weighted by Crippen LogP contribution is 2.59. The Hall–Kier alpha value is -0.280. The third-order valence-corrected chi connectivity index (χ3v) is 5.10. The predicted octanol–water partition coefficient (Wildman–Crippen LogP) is 2.92. The van der Waals surface area contributed by atoms with Crippen LogP contribution in [0, 0.1) is 17.3 Å². The van der Waals surface area contributed by atoms with Crippen molar-refractivity contribution in [2.45, 2.75) is 64.5 Å². The summed E-state index contributed by atoms with van der Waals surface area (Å²) in [5, 5.41) is 3.42. The van der Waals surface area contributed by atoms with Gasteiger partial charge in [-0.25, -0.2) is 0 Å². The van der Waals surface area contributed by atoms with Crippen LogP contribution in [0.3, 0.4) is 0 Å². The third-order valence-electron chi connectivity index (χ3n) is 5.10. The summed E-state index contributed by atoms with van der Waals surface area (Å²) < 4.78 is 5.50. The number of hydrogen-bond donors (Lipinski definition) is 1. The van der Waals surface area contributed by atoms with Crippen molar-refractivity contribution in [2.24, 2.45) is 17.3 Å². The van der Waals surface area contributed by atoms with Crippen LogP contribution in [0.2, 0.25) is 0 Å². The molecule has 1 heterocycles. The maximum absolute atomic E-state index is 12.1. The quantitative estimate of drug-likeness (QED) is 0.754. The fourth-order valence-electron chi connectivity index (χ4n) is 4.44. The van der Waals surface area contributed by atoms with Gasteiger partial charge in [0, 0.05) is 6.54 Å². The van der Waals surface area contributed by atoms with Crippen LogP contribution in [0.4, 0.5) is 0 Å².